The molecule has 4 aromatic rings. The van der Waals surface area contributed by atoms with Crippen LogP contribution in [0.1, 0.15) is 15.9 Å². The van der Waals surface area contributed by atoms with Crippen molar-refractivity contribution in [2.45, 2.75) is 6.54 Å². The Morgan fingerprint density at radius 2 is 1.82 bits per heavy atom. The molecule has 3 aromatic carbocycles. The lowest BCUT2D eigenvalue weighted by atomic mass is 10.1. The highest BCUT2D eigenvalue weighted by atomic mass is 19.1. The minimum atomic E-state index is -0.333. The SMILES string of the molecule is O=C(NCc1ccc2c(c1)OCO2)c1cccc(Nc2cc(-c3cccc(F)c3)ncn2)c1. The zero-order valence-corrected chi connectivity index (χ0v) is 17.4. The van der Waals surface area contributed by atoms with E-state index in [0.717, 1.165) is 5.56 Å². The van der Waals surface area contributed by atoms with E-state index in [1.54, 1.807) is 36.4 Å². The smallest absolute Gasteiger partial charge is 0.251 e. The number of nitrogens with zero attached hydrogens (tertiary/aromatic N) is 2. The highest BCUT2D eigenvalue weighted by Crippen LogP contribution is 2.32. The van der Waals surface area contributed by atoms with Crippen LogP contribution in [0.3, 0.4) is 0 Å². The highest BCUT2D eigenvalue weighted by Gasteiger charge is 2.14. The number of fused-ring (bicyclic) bond motifs is 1. The summed E-state index contributed by atoms with van der Waals surface area (Å²) in [6.07, 6.45) is 1.41. The largest absolute Gasteiger partial charge is 0.454 e. The lowest BCUT2D eigenvalue weighted by Crippen LogP contribution is -2.22. The fourth-order valence-corrected chi connectivity index (χ4v) is 3.45. The third-order valence-electron chi connectivity index (χ3n) is 5.07. The van der Waals surface area contributed by atoms with Gasteiger partial charge in [-0.15, -0.1) is 0 Å². The first-order chi connectivity index (χ1) is 16.1. The summed E-state index contributed by atoms with van der Waals surface area (Å²) >= 11 is 0. The van der Waals surface area contributed by atoms with Gasteiger partial charge in [-0.05, 0) is 48.0 Å². The molecule has 0 spiro atoms. The zero-order chi connectivity index (χ0) is 22.6. The number of amides is 1. The molecule has 7 nitrogen and oxygen atoms in total. The Kier molecular flexibility index (Phi) is 5.55. The van der Waals surface area contributed by atoms with Gasteiger partial charge < -0.3 is 20.1 Å². The zero-order valence-electron chi connectivity index (χ0n) is 17.4. The first-order valence-corrected chi connectivity index (χ1v) is 10.3. The van der Waals surface area contributed by atoms with Gasteiger partial charge in [-0.3, -0.25) is 4.79 Å². The predicted octanol–water partition coefficient (Wildman–Crippen LogP) is 4.69. The molecule has 33 heavy (non-hydrogen) atoms. The molecule has 0 fully saturated rings. The lowest BCUT2D eigenvalue weighted by molar-refractivity contribution is 0.0951. The Labute approximate surface area is 189 Å². The Morgan fingerprint density at radius 3 is 2.73 bits per heavy atom. The van der Waals surface area contributed by atoms with E-state index < -0.39 is 0 Å². The molecule has 0 bridgehead atoms. The molecule has 0 unspecified atom stereocenters. The number of aromatic nitrogens is 2. The van der Waals surface area contributed by atoms with Crippen molar-refractivity contribution < 1.29 is 18.7 Å². The highest BCUT2D eigenvalue weighted by molar-refractivity contribution is 5.95. The van der Waals surface area contributed by atoms with Crippen LogP contribution in [-0.4, -0.2) is 22.7 Å². The monoisotopic (exact) mass is 442 g/mol. The van der Waals surface area contributed by atoms with Crippen molar-refractivity contribution in [3.63, 3.8) is 0 Å². The van der Waals surface area contributed by atoms with Gasteiger partial charge in [-0.1, -0.05) is 24.3 Å². The Hall–Kier alpha value is -4.46. The van der Waals surface area contributed by atoms with E-state index in [-0.39, 0.29) is 18.5 Å². The molecule has 1 aromatic heterocycles. The van der Waals surface area contributed by atoms with Gasteiger partial charge in [-0.2, -0.15) is 0 Å². The van der Waals surface area contributed by atoms with E-state index in [9.17, 15) is 9.18 Å². The molecule has 1 aliphatic rings. The minimum absolute atomic E-state index is 0.209. The maximum absolute atomic E-state index is 13.5. The fraction of sp³-hybridized carbons (Fsp3) is 0.0800. The van der Waals surface area contributed by atoms with Crippen molar-refractivity contribution in [1.82, 2.24) is 15.3 Å². The second-order valence-corrected chi connectivity index (χ2v) is 7.37. The molecule has 0 saturated heterocycles. The minimum Gasteiger partial charge on any atom is -0.454 e. The van der Waals surface area contributed by atoms with E-state index in [1.807, 2.05) is 24.3 Å². The van der Waals surface area contributed by atoms with Gasteiger partial charge in [0.05, 0.1) is 5.69 Å². The number of hydrogen-bond acceptors (Lipinski definition) is 6. The molecule has 0 aliphatic carbocycles. The maximum Gasteiger partial charge on any atom is 0.251 e. The second kappa shape index (κ2) is 8.96. The Balaban J connectivity index is 1.26. The normalized spacial score (nSPS) is 11.8. The summed E-state index contributed by atoms with van der Waals surface area (Å²) in [4.78, 5) is 21.1. The topological polar surface area (TPSA) is 85.4 Å². The van der Waals surface area contributed by atoms with Crippen LogP contribution in [-0.2, 0) is 6.54 Å². The predicted molar refractivity (Wildman–Crippen MR) is 121 cm³/mol. The second-order valence-electron chi connectivity index (χ2n) is 7.37. The number of carbonyl (C=O) groups excluding carboxylic acids is 1. The van der Waals surface area contributed by atoms with Crippen LogP contribution in [0.4, 0.5) is 15.9 Å². The number of hydrogen-bond donors (Lipinski definition) is 2. The van der Waals surface area contributed by atoms with Crippen molar-refractivity contribution in [1.29, 1.82) is 0 Å². The molecule has 0 saturated carbocycles. The number of carbonyl (C=O) groups is 1. The first kappa shape index (κ1) is 20.4. The molecule has 1 amide bonds. The van der Waals surface area contributed by atoms with Gasteiger partial charge in [0.25, 0.3) is 5.91 Å². The molecule has 0 radical (unpaired) electrons. The van der Waals surface area contributed by atoms with E-state index in [2.05, 4.69) is 20.6 Å². The van der Waals surface area contributed by atoms with Crippen molar-refractivity contribution in [2.24, 2.45) is 0 Å². The van der Waals surface area contributed by atoms with Crippen LogP contribution < -0.4 is 20.1 Å². The first-order valence-electron chi connectivity index (χ1n) is 10.3. The van der Waals surface area contributed by atoms with Crippen LogP contribution in [0.5, 0.6) is 11.5 Å². The maximum atomic E-state index is 13.5. The molecule has 2 N–H and O–H groups in total. The average Bonchev–Trinajstić information content (AvgIpc) is 3.31. The van der Waals surface area contributed by atoms with Crippen molar-refractivity contribution >= 4 is 17.4 Å². The summed E-state index contributed by atoms with van der Waals surface area (Å²) in [5.41, 5.74) is 3.34. The van der Waals surface area contributed by atoms with Gasteiger partial charge in [0.1, 0.15) is 18.0 Å². The number of ether oxygens (including phenoxy) is 2. The lowest BCUT2D eigenvalue weighted by Gasteiger charge is -2.10. The molecule has 0 atom stereocenters. The van der Waals surface area contributed by atoms with Crippen LogP contribution in [0, 0.1) is 5.82 Å². The number of benzene rings is 3. The summed E-state index contributed by atoms with van der Waals surface area (Å²) < 4.78 is 24.2. The van der Waals surface area contributed by atoms with Gasteiger partial charge in [-0.25, -0.2) is 14.4 Å². The van der Waals surface area contributed by atoms with E-state index in [1.165, 1.54) is 18.5 Å². The van der Waals surface area contributed by atoms with Crippen LogP contribution >= 0.6 is 0 Å². The number of anilines is 2. The number of rotatable bonds is 6. The molecule has 164 valence electrons. The molecule has 8 heteroatoms. The van der Waals surface area contributed by atoms with Gasteiger partial charge in [0.15, 0.2) is 11.5 Å². The third-order valence-corrected chi connectivity index (χ3v) is 5.07. The summed E-state index contributed by atoms with van der Waals surface area (Å²) in [5, 5.41) is 6.08. The van der Waals surface area contributed by atoms with Crippen molar-refractivity contribution in [3.05, 3.63) is 96.1 Å². The quantitative estimate of drug-likeness (QED) is 0.451. The van der Waals surface area contributed by atoms with Gasteiger partial charge >= 0.3 is 0 Å². The molecule has 1 aliphatic heterocycles. The van der Waals surface area contributed by atoms with Crippen molar-refractivity contribution in [3.8, 4) is 22.8 Å². The Bertz CT molecular complexity index is 1330. The number of halogens is 1. The van der Waals surface area contributed by atoms with Crippen molar-refractivity contribution in [2.75, 3.05) is 12.1 Å². The van der Waals surface area contributed by atoms with Gasteiger partial charge in [0, 0.05) is 29.4 Å². The molecular formula is C25H19FN4O3. The Morgan fingerprint density at radius 1 is 0.939 bits per heavy atom. The summed E-state index contributed by atoms with van der Waals surface area (Å²) in [7, 11) is 0. The standard InChI is InChI=1S/C25H19FN4O3/c26-19-5-1-3-17(10-19)21-12-24(29-14-28-21)30-20-6-2-4-18(11-20)25(31)27-13-16-7-8-22-23(9-16)33-15-32-22/h1-12,14H,13,15H2,(H,27,31)(H,28,29,30). The summed E-state index contributed by atoms with van der Waals surface area (Å²) in [6.45, 7) is 0.567. The van der Waals surface area contributed by atoms with Crippen LogP contribution in [0.15, 0.2) is 79.1 Å². The molecule has 5 rings (SSSR count). The van der Waals surface area contributed by atoms with E-state index >= 15 is 0 Å². The summed E-state index contributed by atoms with van der Waals surface area (Å²) in [5.74, 6) is 1.37. The fourth-order valence-electron chi connectivity index (χ4n) is 3.45. The van der Waals surface area contributed by atoms with E-state index in [4.69, 9.17) is 9.47 Å². The van der Waals surface area contributed by atoms with Crippen LogP contribution in [0.2, 0.25) is 0 Å². The average molecular weight is 442 g/mol. The van der Waals surface area contributed by atoms with Crippen LogP contribution in [0.25, 0.3) is 11.3 Å². The van der Waals surface area contributed by atoms with E-state index in [0.29, 0.717) is 46.4 Å². The van der Waals surface area contributed by atoms with Gasteiger partial charge in [0.2, 0.25) is 6.79 Å². The molecule has 2 heterocycles. The third kappa shape index (κ3) is 4.74. The summed E-state index contributed by atoms with van der Waals surface area (Å²) in [6, 6.07) is 20.6. The molecular weight excluding hydrogens is 423 g/mol. The number of nitrogens with one attached hydrogen (secondary N) is 2.